The maximum atomic E-state index is 11.8. The molecule has 0 aliphatic heterocycles. The average Bonchev–Trinajstić information content (AvgIpc) is 2.52. The van der Waals surface area contributed by atoms with Gasteiger partial charge >= 0.3 is 0 Å². The van der Waals surface area contributed by atoms with Crippen LogP contribution >= 0.6 is 0 Å². The summed E-state index contributed by atoms with van der Waals surface area (Å²) in [6, 6.07) is 14.9. The lowest BCUT2D eigenvalue weighted by Crippen LogP contribution is -2.15. The Kier molecular flexibility index (Phi) is 3.68. The Morgan fingerprint density at radius 2 is 1.73 bits per heavy atom. The van der Waals surface area contributed by atoms with Crippen LogP contribution in [-0.2, 0) is 16.4 Å². The maximum Gasteiger partial charge on any atom is 0.238 e. The molecule has 0 atom stereocenters. The highest BCUT2D eigenvalue weighted by Crippen LogP contribution is 2.33. The number of hydrogen-bond acceptors (Lipinski definition) is 3. The van der Waals surface area contributed by atoms with Gasteiger partial charge in [0, 0.05) is 11.6 Å². The second-order valence-corrected chi connectivity index (χ2v) is 6.59. The molecule has 1 aromatic heterocycles. The Labute approximate surface area is 129 Å². The number of nitrogens with zero attached hydrogens (tertiary/aromatic N) is 1. The van der Waals surface area contributed by atoms with Gasteiger partial charge in [0.1, 0.15) is 0 Å². The summed E-state index contributed by atoms with van der Waals surface area (Å²) in [7, 11) is -3.74. The number of sulfonamides is 1. The predicted octanol–water partition coefficient (Wildman–Crippen LogP) is 3.11. The maximum absolute atomic E-state index is 11.8. The molecular weight excluding hydrogens is 296 g/mol. The Hall–Kier alpha value is -2.24. The summed E-state index contributed by atoms with van der Waals surface area (Å²) in [6.45, 7) is 1.93. The van der Waals surface area contributed by atoms with E-state index in [2.05, 4.69) is 4.98 Å². The van der Waals surface area contributed by atoms with Crippen molar-refractivity contribution in [1.82, 2.24) is 4.98 Å². The van der Waals surface area contributed by atoms with Crippen LogP contribution in [0.5, 0.6) is 0 Å². The minimum absolute atomic E-state index is 0.188. The van der Waals surface area contributed by atoms with E-state index in [0.29, 0.717) is 6.42 Å². The van der Waals surface area contributed by atoms with E-state index in [1.807, 2.05) is 43.3 Å². The van der Waals surface area contributed by atoms with Crippen molar-refractivity contribution in [2.75, 3.05) is 0 Å². The summed E-state index contributed by atoms with van der Waals surface area (Å²) in [5.74, 6) is 0. The summed E-state index contributed by atoms with van der Waals surface area (Å²) in [4.78, 5) is 4.54. The molecule has 0 bridgehead atoms. The van der Waals surface area contributed by atoms with Crippen molar-refractivity contribution in [2.45, 2.75) is 18.2 Å². The second kappa shape index (κ2) is 5.51. The Bertz CT molecular complexity index is 945. The molecule has 112 valence electrons. The van der Waals surface area contributed by atoms with Crippen LogP contribution in [0.4, 0.5) is 0 Å². The minimum atomic E-state index is -3.74. The lowest BCUT2D eigenvalue weighted by molar-refractivity contribution is 0.597. The second-order valence-electron chi connectivity index (χ2n) is 5.06. The van der Waals surface area contributed by atoms with Gasteiger partial charge in [-0.3, -0.25) is 4.98 Å². The van der Waals surface area contributed by atoms with Crippen molar-refractivity contribution in [1.29, 1.82) is 0 Å². The molecule has 22 heavy (non-hydrogen) atoms. The average molecular weight is 312 g/mol. The molecule has 0 amide bonds. The zero-order valence-electron chi connectivity index (χ0n) is 12.2. The van der Waals surface area contributed by atoms with Gasteiger partial charge in [0.25, 0.3) is 0 Å². The van der Waals surface area contributed by atoms with Crippen LogP contribution in [0.2, 0.25) is 0 Å². The van der Waals surface area contributed by atoms with Crippen LogP contribution in [0, 0.1) is 0 Å². The molecule has 0 saturated carbocycles. The first kappa shape index (κ1) is 14.7. The first-order chi connectivity index (χ1) is 10.5. The molecule has 2 aromatic carbocycles. The molecule has 0 saturated heterocycles. The third-order valence-electron chi connectivity index (χ3n) is 3.73. The van der Waals surface area contributed by atoms with Crippen molar-refractivity contribution < 1.29 is 8.42 Å². The molecule has 0 radical (unpaired) electrons. The van der Waals surface area contributed by atoms with E-state index in [1.54, 1.807) is 18.3 Å². The highest BCUT2D eigenvalue weighted by Gasteiger charge is 2.17. The molecule has 1 heterocycles. The molecule has 3 rings (SSSR count). The number of aromatic nitrogens is 1. The molecule has 0 unspecified atom stereocenters. The van der Waals surface area contributed by atoms with E-state index in [0.717, 1.165) is 27.6 Å². The van der Waals surface area contributed by atoms with E-state index >= 15 is 0 Å². The topological polar surface area (TPSA) is 73.0 Å². The predicted molar refractivity (Wildman–Crippen MR) is 87.9 cm³/mol. The van der Waals surface area contributed by atoms with Gasteiger partial charge in [-0.25, -0.2) is 13.6 Å². The van der Waals surface area contributed by atoms with Gasteiger partial charge in [0.15, 0.2) is 0 Å². The Morgan fingerprint density at radius 1 is 1.00 bits per heavy atom. The van der Waals surface area contributed by atoms with Gasteiger partial charge in [0.2, 0.25) is 10.0 Å². The van der Waals surface area contributed by atoms with Crippen molar-refractivity contribution in [3.63, 3.8) is 0 Å². The van der Waals surface area contributed by atoms with Crippen molar-refractivity contribution in [2.24, 2.45) is 5.14 Å². The first-order valence-electron chi connectivity index (χ1n) is 7.01. The van der Waals surface area contributed by atoms with Crippen molar-refractivity contribution >= 4 is 20.9 Å². The van der Waals surface area contributed by atoms with Gasteiger partial charge < -0.3 is 0 Å². The van der Waals surface area contributed by atoms with Gasteiger partial charge in [-0.05, 0) is 41.3 Å². The number of primary sulfonamides is 1. The highest BCUT2D eigenvalue weighted by atomic mass is 32.2. The smallest absolute Gasteiger partial charge is 0.238 e. The molecule has 3 aromatic rings. The molecule has 4 nitrogen and oxygen atoms in total. The minimum Gasteiger partial charge on any atom is -0.256 e. The number of pyridine rings is 1. The fraction of sp³-hybridized carbons (Fsp3) is 0.118. The van der Waals surface area contributed by atoms with Crippen molar-refractivity contribution in [3.05, 3.63) is 60.3 Å². The van der Waals surface area contributed by atoms with Gasteiger partial charge in [-0.2, -0.15) is 0 Å². The van der Waals surface area contributed by atoms with Gasteiger partial charge in [-0.1, -0.05) is 37.3 Å². The zero-order valence-corrected chi connectivity index (χ0v) is 13.0. The third kappa shape index (κ3) is 2.49. The Morgan fingerprint density at radius 3 is 2.45 bits per heavy atom. The SMILES string of the molecule is CCc1c(-c2cccc3ncccc23)cccc1S(N)(=O)=O. The van der Waals surface area contributed by atoms with E-state index < -0.39 is 10.0 Å². The molecule has 0 aliphatic carbocycles. The fourth-order valence-corrected chi connectivity index (χ4v) is 3.65. The van der Waals surface area contributed by atoms with E-state index in [4.69, 9.17) is 5.14 Å². The van der Waals surface area contributed by atoms with Crippen LogP contribution in [0.25, 0.3) is 22.0 Å². The summed E-state index contributed by atoms with van der Waals surface area (Å²) in [6.07, 6.45) is 2.33. The molecular formula is C17H16N2O2S. The molecule has 0 aliphatic rings. The number of fused-ring (bicyclic) bond motifs is 1. The molecule has 0 spiro atoms. The quantitative estimate of drug-likeness (QED) is 0.807. The van der Waals surface area contributed by atoms with E-state index in [1.165, 1.54) is 0 Å². The summed E-state index contributed by atoms with van der Waals surface area (Å²) in [5, 5.41) is 6.34. The number of benzene rings is 2. The van der Waals surface area contributed by atoms with Crippen LogP contribution in [0.15, 0.2) is 59.6 Å². The summed E-state index contributed by atoms with van der Waals surface area (Å²) >= 11 is 0. The first-order valence-corrected chi connectivity index (χ1v) is 8.56. The third-order valence-corrected chi connectivity index (χ3v) is 4.72. The lowest BCUT2D eigenvalue weighted by atomic mass is 9.95. The fourth-order valence-electron chi connectivity index (χ4n) is 2.79. The summed E-state index contributed by atoms with van der Waals surface area (Å²) in [5.41, 5.74) is 3.46. The molecule has 2 N–H and O–H groups in total. The largest absolute Gasteiger partial charge is 0.256 e. The lowest BCUT2D eigenvalue weighted by Gasteiger charge is -2.14. The van der Waals surface area contributed by atoms with Crippen LogP contribution < -0.4 is 5.14 Å². The number of nitrogens with two attached hydrogens (primary N) is 1. The molecule has 0 fully saturated rings. The monoisotopic (exact) mass is 312 g/mol. The number of hydrogen-bond donors (Lipinski definition) is 1. The highest BCUT2D eigenvalue weighted by molar-refractivity contribution is 7.89. The summed E-state index contributed by atoms with van der Waals surface area (Å²) < 4.78 is 23.7. The van der Waals surface area contributed by atoms with Gasteiger partial charge in [-0.15, -0.1) is 0 Å². The number of rotatable bonds is 3. The molecule has 5 heteroatoms. The van der Waals surface area contributed by atoms with E-state index in [-0.39, 0.29) is 4.90 Å². The van der Waals surface area contributed by atoms with Crippen LogP contribution in [0.3, 0.4) is 0 Å². The standard InChI is InChI=1S/C17H16N2O2S/c1-2-12-13(7-4-10-17(12)22(18,20)21)14-6-3-9-16-15(14)8-5-11-19-16/h3-11H,2H2,1H3,(H2,18,20,21). The van der Waals surface area contributed by atoms with Gasteiger partial charge in [0.05, 0.1) is 10.4 Å². The Balaban J connectivity index is 2.37. The van der Waals surface area contributed by atoms with Crippen molar-refractivity contribution in [3.8, 4) is 11.1 Å². The van der Waals surface area contributed by atoms with E-state index in [9.17, 15) is 8.42 Å². The van der Waals surface area contributed by atoms with Crippen LogP contribution in [0.1, 0.15) is 12.5 Å². The zero-order chi connectivity index (χ0) is 15.7. The normalized spacial score (nSPS) is 11.7. The van der Waals surface area contributed by atoms with Crippen LogP contribution in [-0.4, -0.2) is 13.4 Å².